The second-order valence-electron chi connectivity index (χ2n) is 8.06. The predicted octanol–water partition coefficient (Wildman–Crippen LogP) is 4.03. The minimum Gasteiger partial charge on any atom is -0.497 e. The molecule has 0 atom stereocenters. The summed E-state index contributed by atoms with van der Waals surface area (Å²) in [5, 5.41) is 0. The van der Waals surface area contributed by atoms with Gasteiger partial charge in [-0.3, -0.25) is 14.5 Å². The molecule has 172 valence electrons. The highest BCUT2D eigenvalue weighted by atomic mass is 16.5. The minimum atomic E-state index is -0.104. The Morgan fingerprint density at radius 3 is 2.39 bits per heavy atom. The fourth-order valence-electron chi connectivity index (χ4n) is 3.80. The molecule has 1 aliphatic rings. The van der Waals surface area contributed by atoms with E-state index >= 15 is 0 Å². The Labute approximate surface area is 193 Å². The van der Waals surface area contributed by atoms with E-state index in [4.69, 9.17) is 13.9 Å². The number of benzene rings is 2. The van der Waals surface area contributed by atoms with Gasteiger partial charge in [-0.2, -0.15) is 0 Å². The van der Waals surface area contributed by atoms with Gasteiger partial charge in [0.05, 0.1) is 7.11 Å². The highest BCUT2D eigenvalue weighted by Gasteiger charge is 2.24. The van der Waals surface area contributed by atoms with Crippen molar-refractivity contribution in [2.45, 2.75) is 20.1 Å². The van der Waals surface area contributed by atoms with Gasteiger partial charge < -0.3 is 18.8 Å². The van der Waals surface area contributed by atoms with Crippen LogP contribution in [-0.2, 0) is 13.2 Å². The van der Waals surface area contributed by atoms with Gasteiger partial charge in [-0.05, 0) is 61.0 Å². The van der Waals surface area contributed by atoms with Crippen molar-refractivity contribution in [2.24, 2.45) is 0 Å². The molecule has 1 aromatic heterocycles. The Balaban J connectivity index is 1.26. The molecule has 1 aliphatic heterocycles. The number of ether oxygens (including phenoxy) is 2. The number of rotatable bonds is 8. The van der Waals surface area contributed by atoms with Crippen molar-refractivity contribution in [1.82, 2.24) is 9.80 Å². The van der Waals surface area contributed by atoms with Crippen molar-refractivity contribution in [3.63, 3.8) is 0 Å². The van der Waals surface area contributed by atoms with Crippen molar-refractivity contribution in [3.05, 3.63) is 83.3 Å². The quantitative estimate of drug-likeness (QED) is 0.485. The van der Waals surface area contributed by atoms with E-state index in [-0.39, 0.29) is 18.3 Å². The summed E-state index contributed by atoms with van der Waals surface area (Å²) in [6, 6.07) is 18.5. The normalized spacial score (nSPS) is 14.2. The lowest BCUT2D eigenvalue weighted by atomic mass is 10.1. The Morgan fingerprint density at radius 1 is 0.939 bits per heavy atom. The number of hydrogen-bond donors (Lipinski definition) is 0. The van der Waals surface area contributed by atoms with Crippen LogP contribution in [0.4, 0.5) is 0 Å². The number of piperazine rings is 1. The Kier molecular flexibility index (Phi) is 7.10. The number of methoxy groups -OCH3 is 1. The van der Waals surface area contributed by atoms with E-state index in [1.807, 2.05) is 23.1 Å². The van der Waals surface area contributed by atoms with Crippen LogP contribution in [0.15, 0.2) is 65.1 Å². The van der Waals surface area contributed by atoms with Crippen LogP contribution >= 0.6 is 0 Å². The summed E-state index contributed by atoms with van der Waals surface area (Å²) in [7, 11) is 1.67. The zero-order chi connectivity index (χ0) is 23.2. The standard InChI is InChI=1S/C26H28N2O5/c1-19(29)21-6-8-22(9-7-21)32-18-24-10-11-25(33-24)26(30)28-14-12-27(13-15-28)17-20-4-3-5-23(16-20)31-2/h3-11,16H,12-15,17-18H2,1-2H3. The van der Waals surface area contributed by atoms with Crippen molar-refractivity contribution in [3.8, 4) is 11.5 Å². The van der Waals surface area contributed by atoms with Crippen LogP contribution in [0.5, 0.6) is 11.5 Å². The van der Waals surface area contributed by atoms with Gasteiger partial charge in [0.25, 0.3) is 5.91 Å². The number of nitrogens with zero attached hydrogens (tertiary/aromatic N) is 2. The molecule has 7 nitrogen and oxygen atoms in total. The molecule has 1 fully saturated rings. The van der Waals surface area contributed by atoms with Crippen LogP contribution in [0.1, 0.15) is 39.2 Å². The van der Waals surface area contributed by atoms with E-state index < -0.39 is 0 Å². The predicted molar refractivity (Wildman–Crippen MR) is 124 cm³/mol. The number of ketones is 1. The first-order valence-electron chi connectivity index (χ1n) is 11.0. The van der Waals surface area contributed by atoms with E-state index in [0.717, 1.165) is 25.4 Å². The third kappa shape index (κ3) is 5.81. The summed E-state index contributed by atoms with van der Waals surface area (Å²) < 4.78 is 16.7. The molecule has 0 aliphatic carbocycles. The van der Waals surface area contributed by atoms with Crippen LogP contribution in [0.25, 0.3) is 0 Å². The van der Waals surface area contributed by atoms with Crippen LogP contribution in [0, 0.1) is 0 Å². The fourth-order valence-corrected chi connectivity index (χ4v) is 3.80. The van der Waals surface area contributed by atoms with Crippen LogP contribution < -0.4 is 9.47 Å². The maximum atomic E-state index is 12.9. The summed E-state index contributed by atoms with van der Waals surface area (Å²) in [5.41, 5.74) is 1.83. The maximum Gasteiger partial charge on any atom is 0.289 e. The molecule has 0 spiro atoms. The number of amides is 1. The molecule has 0 bridgehead atoms. The number of Topliss-reactive ketones (excluding diaryl/α,β-unsaturated/α-hetero) is 1. The van der Waals surface area contributed by atoms with Gasteiger partial charge in [0.15, 0.2) is 11.5 Å². The number of carbonyl (C=O) groups is 2. The van der Waals surface area contributed by atoms with Crippen LogP contribution in [0.2, 0.25) is 0 Å². The fraction of sp³-hybridized carbons (Fsp3) is 0.308. The first kappa shape index (κ1) is 22.6. The van der Waals surface area contributed by atoms with Gasteiger partial charge in [-0.25, -0.2) is 0 Å². The largest absolute Gasteiger partial charge is 0.497 e. The average molecular weight is 449 g/mol. The van der Waals surface area contributed by atoms with Gasteiger partial charge in [0.1, 0.15) is 23.9 Å². The average Bonchev–Trinajstić information content (AvgIpc) is 3.32. The van der Waals surface area contributed by atoms with Gasteiger partial charge in [-0.1, -0.05) is 12.1 Å². The summed E-state index contributed by atoms with van der Waals surface area (Å²) in [6.07, 6.45) is 0. The summed E-state index contributed by atoms with van der Waals surface area (Å²) in [5.74, 6) is 2.29. The SMILES string of the molecule is COc1cccc(CN2CCN(C(=O)c3ccc(COc4ccc(C(C)=O)cc4)o3)CC2)c1. The third-order valence-electron chi connectivity index (χ3n) is 5.71. The van der Waals surface area contributed by atoms with Gasteiger partial charge in [-0.15, -0.1) is 0 Å². The number of hydrogen-bond acceptors (Lipinski definition) is 6. The maximum absolute atomic E-state index is 12.9. The molecule has 0 saturated carbocycles. The Hall–Kier alpha value is -3.58. The highest BCUT2D eigenvalue weighted by Crippen LogP contribution is 2.19. The molecule has 0 N–H and O–H groups in total. The molecule has 1 amide bonds. The zero-order valence-electron chi connectivity index (χ0n) is 19.0. The summed E-state index contributed by atoms with van der Waals surface area (Å²) >= 11 is 0. The second-order valence-corrected chi connectivity index (χ2v) is 8.06. The molecule has 3 aromatic rings. The zero-order valence-corrected chi connectivity index (χ0v) is 19.0. The summed E-state index contributed by atoms with van der Waals surface area (Å²) in [4.78, 5) is 28.4. The molecule has 0 unspecified atom stereocenters. The highest BCUT2D eigenvalue weighted by molar-refractivity contribution is 5.94. The van der Waals surface area contributed by atoms with E-state index in [2.05, 4.69) is 11.0 Å². The molecule has 2 heterocycles. The molecular formula is C26H28N2O5. The lowest BCUT2D eigenvalue weighted by Crippen LogP contribution is -2.48. The van der Waals surface area contributed by atoms with Gasteiger partial charge in [0.2, 0.25) is 0 Å². The van der Waals surface area contributed by atoms with Crippen molar-refractivity contribution < 1.29 is 23.5 Å². The summed E-state index contributed by atoms with van der Waals surface area (Å²) in [6.45, 7) is 5.47. The van der Waals surface area contributed by atoms with Crippen molar-refractivity contribution in [1.29, 1.82) is 0 Å². The number of furan rings is 1. The molecule has 2 aromatic carbocycles. The molecule has 1 saturated heterocycles. The lowest BCUT2D eigenvalue weighted by molar-refractivity contribution is 0.0594. The van der Waals surface area contributed by atoms with E-state index in [1.54, 1.807) is 43.5 Å². The van der Waals surface area contributed by atoms with Crippen molar-refractivity contribution in [2.75, 3.05) is 33.3 Å². The Morgan fingerprint density at radius 2 is 1.70 bits per heavy atom. The number of carbonyl (C=O) groups excluding carboxylic acids is 2. The molecule has 7 heteroatoms. The monoisotopic (exact) mass is 448 g/mol. The Bertz CT molecular complexity index is 1100. The topological polar surface area (TPSA) is 72.2 Å². The van der Waals surface area contributed by atoms with E-state index in [0.29, 0.717) is 35.9 Å². The van der Waals surface area contributed by atoms with Gasteiger partial charge >= 0.3 is 0 Å². The molecule has 4 rings (SSSR count). The first-order valence-corrected chi connectivity index (χ1v) is 11.0. The van der Waals surface area contributed by atoms with Gasteiger partial charge in [0, 0.05) is 38.3 Å². The lowest BCUT2D eigenvalue weighted by Gasteiger charge is -2.34. The van der Waals surface area contributed by atoms with Crippen LogP contribution in [-0.4, -0.2) is 54.8 Å². The van der Waals surface area contributed by atoms with E-state index in [1.165, 1.54) is 12.5 Å². The molecular weight excluding hydrogens is 420 g/mol. The molecule has 33 heavy (non-hydrogen) atoms. The third-order valence-corrected chi connectivity index (χ3v) is 5.71. The van der Waals surface area contributed by atoms with E-state index in [9.17, 15) is 9.59 Å². The van der Waals surface area contributed by atoms with Crippen molar-refractivity contribution >= 4 is 11.7 Å². The minimum absolute atomic E-state index is 0.0110. The molecule has 0 radical (unpaired) electrons. The second kappa shape index (κ2) is 10.4. The smallest absolute Gasteiger partial charge is 0.289 e. The van der Waals surface area contributed by atoms with Crippen LogP contribution in [0.3, 0.4) is 0 Å². The first-order chi connectivity index (χ1) is 16.0.